The van der Waals surface area contributed by atoms with Gasteiger partial charge in [-0.1, -0.05) is 12.1 Å². The average Bonchev–Trinajstić information content (AvgIpc) is 3.45. The van der Waals surface area contributed by atoms with Crippen LogP contribution in [0.5, 0.6) is 5.75 Å². The third-order valence-corrected chi connectivity index (χ3v) is 9.01. The summed E-state index contributed by atoms with van der Waals surface area (Å²) in [6.45, 7) is 5.14. The first kappa shape index (κ1) is 21.2. The van der Waals surface area contributed by atoms with E-state index in [2.05, 4.69) is 10.3 Å². The molecule has 5 rings (SSSR count). The van der Waals surface area contributed by atoms with Gasteiger partial charge >= 0.3 is 0 Å². The second kappa shape index (κ2) is 8.04. The first-order chi connectivity index (χ1) is 15.3. The molecule has 1 N–H and O–H groups in total. The summed E-state index contributed by atoms with van der Waals surface area (Å²) in [6.07, 6.45) is 1.02. The zero-order valence-corrected chi connectivity index (χ0v) is 19.6. The Balaban J connectivity index is 1.47. The molecule has 0 aliphatic carbocycles. The number of amides is 1. The number of fused-ring (bicyclic) bond motifs is 1. The first-order valence-electron chi connectivity index (χ1n) is 10.8. The summed E-state index contributed by atoms with van der Waals surface area (Å²) in [5, 5.41) is 3.83. The van der Waals surface area contributed by atoms with E-state index in [1.807, 2.05) is 50.2 Å². The molecule has 2 aliphatic rings. The van der Waals surface area contributed by atoms with Gasteiger partial charge in [0.2, 0.25) is 15.9 Å². The average molecular weight is 472 g/mol. The molecule has 3 heterocycles. The number of benzene rings is 2. The molecule has 7 nitrogen and oxygen atoms in total. The fourth-order valence-electron chi connectivity index (χ4n) is 4.37. The highest BCUT2D eigenvalue weighted by molar-refractivity contribution is 7.93. The Kier molecular flexibility index (Phi) is 5.33. The van der Waals surface area contributed by atoms with E-state index < -0.39 is 10.0 Å². The summed E-state index contributed by atoms with van der Waals surface area (Å²) >= 11 is 1.59. The Morgan fingerprint density at radius 2 is 2.00 bits per heavy atom. The van der Waals surface area contributed by atoms with E-state index in [9.17, 15) is 13.2 Å². The second-order valence-corrected chi connectivity index (χ2v) is 11.7. The highest BCUT2D eigenvalue weighted by Gasteiger charge is 2.29. The fourth-order valence-corrected chi connectivity index (χ4v) is 6.79. The number of anilines is 1. The van der Waals surface area contributed by atoms with E-state index in [4.69, 9.17) is 4.74 Å². The maximum atomic E-state index is 12.2. The van der Waals surface area contributed by atoms with Crippen LogP contribution in [-0.2, 0) is 14.8 Å². The quantitative estimate of drug-likeness (QED) is 0.613. The number of aryl methyl sites for hydroxylation is 1. The van der Waals surface area contributed by atoms with Crippen molar-refractivity contribution in [2.24, 2.45) is 5.92 Å². The molecular formula is C23H25N3O4S2. The highest BCUT2D eigenvalue weighted by Crippen LogP contribution is 2.38. The number of aromatic nitrogens is 1. The van der Waals surface area contributed by atoms with Crippen LogP contribution in [0, 0.1) is 12.8 Å². The van der Waals surface area contributed by atoms with Crippen LogP contribution in [0.25, 0.3) is 21.3 Å². The van der Waals surface area contributed by atoms with Crippen LogP contribution in [0.1, 0.15) is 24.8 Å². The number of carbonyl (C=O) groups excluding carboxylic acids is 1. The van der Waals surface area contributed by atoms with Gasteiger partial charge in [0.25, 0.3) is 0 Å². The monoisotopic (exact) mass is 471 g/mol. The molecule has 3 aromatic rings. The van der Waals surface area contributed by atoms with E-state index in [1.54, 1.807) is 11.3 Å². The molecule has 168 valence electrons. The lowest BCUT2D eigenvalue weighted by Crippen LogP contribution is -2.25. The fraction of sp³-hybridized carbons (Fsp3) is 0.391. The molecule has 2 fully saturated rings. The molecule has 0 radical (unpaired) electrons. The minimum atomic E-state index is -3.20. The van der Waals surface area contributed by atoms with E-state index in [1.165, 1.54) is 4.31 Å². The molecule has 0 spiro atoms. The van der Waals surface area contributed by atoms with Gasteiger partial charge in [-0.15, -0.1) is 11.3 Å². The Hall–Kier alpha value is -2.65. The van der Waals surface area contributed by atoms with Gasteiger partial charge < -0.3 is 10.1 Å². The Bertz CT molecular complexity index is 1280. The highest BCUT2D eigenvalue weighted by atomic mass is 32.2. The standard InChI is InChI=1S/C23H25N3O4S2/c1-14(18-12-22(27)24-13-18)30-21-11-17(10-20-23(21)31-15(2)25-20)16-4-6-19(7-5-16)26-8-3-9-32(26,28)29/h4-7,10-11,14,18H,3,8-9,12-13H2,1-2H3,(H,24,27). The maximum Gasteiger partial charge on any atom is 0.235 e. The van der Waals surface area contributed by atoms with Gasteiger partial charge in [-0.2, -0.15) is 0 Å². The molecule has 2 saturated heterocycles. The molecule has 2 aromatic carbocycles. The van der Waals surface area contributed by atoms with Crippen LogP contribution in [0.2, 0.25) is 0 Å². The molecular weight excluding hydrogens is 446 g/mol. The van der Waals surface area contributed by atoms with Crippen molar-refractivity contribution >= 4 is 43.2 Å². The molecule has 0 saturated carbocycles. The van der Waals surface area contributed by atoms with Crippen LogP contribution in [0.4, 0.5) is 5.69 Å². The van der Waals surface area contributed by atoms with E-state index in [0.29, 0.717) is 31.6 Å². The zero-order valence-electron chi connectivity index (χ0n) is 18.0. The van der Waals surface area contributed by atoms with Gasteiger partial charge in [0, 0.05) is 25.4 Å². The number of hydrogen-bond donors (Lipinski definition) is 1. The maximum absolute atomic E-state index is 12.2. The summed E-state index contributed by atoms with van der Waals surface area (Å²) in [5.74, 6) is 1.17. The number of carbonyl (C=O) groups is 1. The van der Waals surface area contributed by atoms with Crippen molar-refractivity contribution in [2.45, 2.75) is 32.8 Å². The van der Waals surface area contributed by atoms with E-state index in [-0.39, 0.29) is 23.7 Å². The van der Waals surface area contributed by atoms with Crippen molar-refractivity contribution in [3.05, 3.63) is 41.4 Å². The third kappa shape index (κ3) is 3.95. The minimum Gasteiger partial charge on any atom is -0.489 e. The third-order valence-electron chi connectivity index (χ3n) is 6.14. The van der Waals surface area contributed by atoms with Gasteiger partial charge in [0.05, 0.1) is 26.7 Å². The van der Waals surface area contributed by atoms with Gasteiger partial charge in [0.15, 0.2) is 0 Å². The summed E-state index contributed by atoms with van der Waals surface area (Å²) in [4.78, 5) is 16.3. The number of sulfonamides is 1. The van der Waals surface area contributed by atoms with Gasteiger partial charge in [-0.3, -0.25) is 9.10 Å². The molecule has 2 unspecified atom stereocenters. The second-order valence-electron chi connectivity index (χ2n) is 8.44. The Labute approximate surface area is 191 Å². The van der Waals surface area contributed by atoms with Gasteiger partial charge in [-0.25, -0.2) is 13.4 Å². The number of nitrogens with zero attached hydrogens (tertiary/aromatic N) is 2. The zero-order chi connectivity index (χ0) is 22.5. The smallest absolute Gasteiger partial charge is 0.235 e. The Morgan fingerprint density at radius 1 is 1.22 bits per heavy atom. The van der Waals surface area contributed by atoms with Crippen LogP contribution < -0.4 is 14.4 Å². The van der Waals surface area contributed by atoms with Gasteiger partial charge in [0.1, 0.15) is 11.9 Å². The molecule has 0 bridgehead atoms. The number of hydrogen-bond acceptors (Lipinski definition) is 6. The molecule has 2 aliphatic heterocycles. The van der Waals surface area contributed by atoms with Crippen molar-refractivity contribution in [3.8, 4) is 16.9 Å². The molecule has 9 heteroatoms. The lowest BCUT2D eigenvalue weighted by atomic mass is 10.0. The van der Waals surface area contributed by atoms with Crippen molar-refractivity contribution in [2.75, 3.05) is 23.1 Å². The number of rotatable bonds is 5. The Morgan fingerprint density at radius 3 is 2.66 bits per heavy atom. The lowest BCUT2D eigenvalue weighted by molar-refractivity contribution is -0.119. The van der Waals surface area contributed by atoms with Crippen LogP contribution >= 0.6 is 11.3 Å². The number of thiazole rings is 1. The van der Waals surface area contributed by atoms with Crippen molar-refractivity contribution < 1.29 is 17.9 Å². The predicted octanol–water partition coefficient (Wildman–Crippen LogP) is 3.72. The van der Waals surface area contributed by atoms with Crippen LogP contribution in [0.15, 0.2) is 36.4 Å². The summed E-state index contributed by atoms with van der Waals surface area (Å²) in [7, 11) is -3.20. The van der Waals surface area contributed by atoms with Crippen LogP contribution in [-0.4, -0.2) is 44.3 Å². The molecule has 32 heavy (non-hydrogen) atoms. The molecule has 1 amide bonds. The SMILES string of the molecule is Cc1nc2cc(-c3ccc(N4CCCS4(=O)=O)cc3)cc(OC(C)C3CNC(=O)C3)c2s1. The van der Waals surface area contributed by atoms with Crippen molar-refractivity contribution in [3.63, 3.8) is 0 Å². The summed E-state index contributed by atoms with van der Waals surface area (Å²) in [6, 6.07) is 11.6. The predicted molar refractivity (Wildman–Crippen MR) is 127 cm³/mol. The topological polar surface area (TPSA) is 88.6 Å². The normalized spacial score (nSPS) is 21.1. The lowest BCUT2D eigenvalue weighted by Gasteiger charge is -2.20. The number of nitrogens with one attached hydrogen (secondary N) is 1. The van der Waals surface area contributed by atoms with Crippen molar-refractivity contribution in [1.82, 2.24) is 10.3 Å². The van der Waals surface area contributed by atoms with Crippen molar-refractivity contribution in [1.29, 1.82) is 0 Å². The largest absolute Gasteiger partial charge is 0.489 e. The van der Waals surface area contributed by atoms with E-state index in [0.717, 1.165) is 32.1 Å². The minimum absolute atomic E-state index is 0.0677. The summed E-state index contributed by atoms with van der Waals surface area (Å²) in [5.41, 5.74) is 3.49. The van der Waals surface area contributed by atoms with Crippen LogP contribution in [0.3, 0.4) is 0 Å². The molecule has 1 aromatic heterocycles. The number of ether oxygens (including phenoxy) is 1. The first-order valence-corrected chi connectivity index (χ1v) is 13.2. The molecule has 2 atom stereocenters. The summed E-state index contributed by atoms with van der Waals surface area (Å²) < 4.78 is 33.3. The van der Waals surface area contributed by atoms with E-state index >= 15 is 0 Å². The van der Waals surface area contributed by atoms with Gasteiger partial charge in [-0.05, 0) is 55.7 Å².